The molecule has 0 N–H and O–H groups in total. The molecule has 0 spiro atoms. The average Bonchev–Trinajstić information content (AvgIpc) is 3.12. The zero-order chi connectivity index (χ0) is 15.4. The summed E-state index contributed by atoms with van der Waals surface area (Å²) in [6.45, 7) is 5.87. The molecule has 0 saturated heterocycles. The molecule has 3 heterocycles. The predicted octanol–water partition coefficient (Wildman–Crippen LogP) is 3.58. The molecule has 0 aliphatic heterocycles. The van der Waals surface area contributed by atoms with Crippen molar-refractivity contribution < 1.29 is 9.53 Å². The van der Waals surface area contributed by atoms with Gasteiger partial charge in [0.25, 0.3) is 0 Å². The van der Waals surface area contributed by atoms with E-state index in [-0.39, 0.29) is 5.97 Å². The van der Waals surface area contributed by atoms with E-state index >= 15 is 0 Å². The Morgan fingerprint density at radius 2 is 2.10 bits per heavy atom. The highest BCUT2D eigenvalue weighted by atomic mass is 32.1. The first-order valence-corrected chi connectivity index (χ1v) is 7.46. The van der Waals surface area contributed by atoms with Crippen molar-refractivity contribution in [1.82, 2.24) is 13.8 Å². The maximum Gasteiger partial charge on any atom is 0.349 e. The summed E-state index contributed by atoms with van der Waals surface area (Å²) >= 11 is 1.15. The van der Waals surface area contributed by atoms with Gasteiger partial charge < -0.3 is 4.74 Å². The van der Waals surface area contributed by atoms with Crippen molar-refractivity contribution in [3.63, 3.8) is 0 Å². The van der Waals surface area contributed by atoms with E-state index in [9.17, 15) is 4.79 Å². The summed E-state index contributed by atoms with van der Waals surface area (Å²) in [5, 5.41) is 0. The van der Waals surface area contributed by atoms with Crippen molar-refractivity contribution in [2.24, 2.45) is 0 Å². The van der Waals surface area contributed by atoms with E-state index in [1.165, 1.54) is 7.11 Å². The summed E-state index contributed by atoms with van der Waals surface area (Å²) in [6.07, 6.45) is 3.69. The number of hydrogen-bond acceptors (Lipinski definition) is 5. The molecule has 21 heavy (non-hydrogen) atoms. The molecule has 0 atom stereocenters. The highest BCUT2D eigenvalue weighted by molar-refractivity contribution is 7.08. The second-order valence-electron chi connectivity index (χ2n) is 4.05. The number of nitrogens with zero attached hydrogens (tertiary/aromatic N) is 3. The number of methoxy groups -OCH3 is 1. The van der Waals surface area contributed by atoms with Gasteiger partial charge in [0.1, 0.15) is 16.2 Å². The number of carbonyl (C=O) groups is 1. The Morgan fingerprint density at radius 3 is 2.81 bits per heavy atom. The molecule has 0 fully saturated rings. The summed E-state index contributed by atoms with van der Waals surface area (Å²) in [5.41, 5.74) is 3.32. The SMILES string of the molecule is CC.COC(=O)c1snc(-c2cnc3ccccn23)c1C. The van der Waals surface area contributed by atoms with Gasteiger partial charge in [0, 0.05) is 11.8 Å². The number of imidazole rings is 1. The number of esters is 1. The molecule has 0 aromatic carbocycles. The molecule has 3 aromatic rings. The number of aromatic nitrogens is 3. The molecule has 0 aliphatic rings. The van der Waals surface area contributed by atoms with E-state index in [0.29, 0.717) is 4.88 Å². The Kier molecular flexibility index (Phi) is 4.70. The van der Waals surface area contributed by atoms with Gasteiger partial charge in [-0.2, -0.15) is 4.37 Å². The monoisotopic (exact) mass is 303 g/mol. The fourth-order valence-corrected chi connectivity index (χ4v) is 2.77. The Hall–Kier alpha value is -2.21. The van der Waals surface area contributed by atoms with E-state index in [1.54, 1.807) is 6.20 Å². The average molecular weight is 303 g/mol. The van der Waals surface area contributed by atoms with Gasteiger partial charge in [0.2, 0.25) is 0 Å². The van der Waals surface area contributed by atoms with Crippen LogP contribution in [-0.2, 0) is 4.74 Å². The van der Waals surface area contributed by atoms with Crippen LogP contribution in [0.15, 0.2) is 30.6 Å². The zero-order valence-electron chi connectivity index (χ0n) is 12.5. The topological polar surface area (TPSA) is 56.5 Å². The molecule has 3 aromatic heterocycles. The van der Waals surface area contributed by atoms with Crippen LogP contribution in [0.4, 0.5) is 0 Å². The van der Waals surface area contributed by atoms with Crippen molar-refractivity contribution in [2.75, 3.05) is 7.11 Å². The molecule has 0 amide bonds. The molecule has 3 rings (SSSR count). The summed E-state index contributed by atoms with van der Waals surface area (Å²) in [6, 6.07) is 5.79. The molecule has 0 radical (unpaired) electrons. The third-order valence-corrected chi connectivity index (χ3v) is 3.88. The van der Waals surface area contributed by atoms with Crippen LogP contribution >= 0.6 is 11.5 Å². The second kappa shape index (κ2) is 6.49. The van der Waals surface area contributed by atoms with Crippen LogP contribution in [0, 0.1) is 6.92 Å². The molecular formula is C15H17N3O2S. The first-order chi connectivity index (χ1) is 10.2. The van der Waals surface area contributed by atoms with Gasteiger partial charge in [-0.25, -0.2) is 9.78 Å². The second-order valence-corrected chi connectivity index (χ2v) is 4.82. The molecule has 110 valence electrons. The van der Waals surface area contributed by atoms with Crippen molar-refractivity contribution >= 4 is 23.1 Å². The molecule has 6 heteroatoms. The fourth-order valence-electron chi connectivity index (χ4n) is 1.97. The van der Waals surface area contributed by atoms with Crippen LogP contribution in [0.1, 0.15) is 29.1 Å². The normalized spacial score (nSPS) is 10.1. The van der Waals surface area contributed by atoms with Gasteiger partial charge in [-0.1, -0.05) is 19.9 Å². The lowest BCUT2D eigenvalue weighted by Crippen LogP contribution is -2.00. The van der Waals surface area contributed by atoms with Crippen LogP contribution in [0.5, 0.6) is 0 Å². The first kappa shape index (κ1) is 15.2. The van der Waals surface area contributed by atoms with Gasteiger partial charge in [-0.3, -0.25) is 4.40 Å². The van der Waals surface area contributed by atoms with Crippen molar-refractivity contribution in [2.45, 2.75) is 20.8 Å². The van der Waals surface area contributed by atoms with Crippen LogP contribution in [0.3, 0.4) is 0 Å². The highest BCUT2D eigenvalue weighted by Crippen LogP contribution is 2.28. The van der Waals surface area contributed by atoms with Gasteiger partial charge >= 0.3 is 5.97 Å². The Morgan fingerprint density at radius 1 is 1.33 bits per heavy atom. The largest absolute Gasteiger partial charge is 0.465 e. The number of hydrogen-bond donors (Lipinski definition) is 0. The molecule has 0 saturated carbocycles. The zero-order valence-corrected chi connectivity index (χ0v) is 13.3. The van der Waals surface area contributed by atoms with E-state index in [1.807, 2.05) is 49.6 Å². The summed E-state index contributed by atoms with van der Waals surface area (Å²) in [5.74, 6) is -0.352. The predicted molar refractivity (Wildman–Crippen MR) is 83.7 cm³/mol. The van der Waals surface area contributed by atoms with Crippen molar-refractivity contribution in [1.29, 1.82) is 0 Å². The van der Waals surface area contributed by atoms with Gasteiger partial charge in [0.15, 0.2) is 0 Å². The first-order valence-electron chi connectivity index (χ1n) is 6.69. The minimum Gasteiger partial charge on any atom is -0.465 e. The maximum atomic E-state index is 11.6. The number of ether oxygens (including phenoxy) is 1. The molecule has 0 unspecified atom stereocenters. The molecular weight excluding hydrogens is 286 g/mol. The Balaban J connectivity index is 0.000000774. The van der Waals surface area contributed by atoms with Crippen molar-refractivity contribution in [3.05, 3.63) is 41.0 Å². The van der Waals surface area contributed by atoms with E-state index in [0.717, 1.165) is 34.1 Å². The van der Waals surface area contributed by atoms with Gasteiger partial charge in [-0.15, -0.1) is 0 Å². The van der Waals surface area contributed by atoms with Crippen molar-refractivity contribution in [3.8, 4) is 11.4 Å². The summed E-state index contributed by atoms with van der Waals surface area (Å²) in [4.78, 5) is 16.5. The maximum absolute atomic E-state index is 11.6. The van der Waals surface area contributed by atoms with Crippen LogP contribution < -0.4 is 0 Å². The lowest BCUT2D eigenvalue weighted by Gasteiger charge is -2.00. The van der Waals surface area contributed by atoms with E-state index in [2.05, 4.69) is 9.36 Å². The number of rotatable bonds is 2. The number of carbonyl (C=O) groups excluding carboxylic acids is 1. The van der Waals surface area contributed by atoms with Gasteiger partial charge in [0.05, 0.1) is 19.0 Å². The smallest absolute Gasteiger partial charge is 0.349 e. The van der Waals surface area contributed by atoms with E-state index in [4.69, 9.17) is 4.74 Å². The lowest BCUT2D eigenvalue weighted by atomic mass is 10.2. The fraction of sp³-hybridized carbons (Fsp3) is 0.267. The molecule has 0 bridgehead atoms. The Labute approximate surface area is 127 Å². The Bertz CT molecular complexity index is 761. The number of fused-ring (bicyclic) bond motifs is 1. The summed E-state index contributed by atoms with van der Waals surface area (Å²) in [7, 11) is 1.37. The molecule has 0 aliphatic carbocycles. The lowest BCUT2D eigenvalue weighted by molar-refractivity contribution is 0.0605. The third kappa shape index (κ3) is 2.67. The minimum atomic E-state index is -0.352. The van der Waals surface area contributed by atoms with Gasteiger partial charge in [-0.05, 0) is 30.6 Å². The third-order valence-electron chi connectivity index (χ3n) is 2.95. The van der Waals surface area contributed by atoms with Crippen LogP contribution in [0.25, 0.3) is 17.0 Å². The molecule has 5 nitrogen and oxygen atoms in total. The summed E-state index contributed by atoms with van der Waals surface area (Å²) < 4.78 is 11.0. The standard InChI is InChI=1S/C13H11N3O2S.C2H6/c1-8-11(15-19-12(8)13(17)18-2)9-7-14-10-5-3-4-6-16(9)10;1-2/h3-7H,1-2H3;1-2H3. The number of pyridine rings is 1. The van der Waals surface area contributed by atoms with E-state index < -0.39 is 0 Å². The quantitative estimate of drug-likeness (QED) is 0.679. The highest BCUT2D eigenvalue weighted by Gasteiger charge is 2.19. The van der Waals surface area contributed by atoms with Crippen LogP contribution in [-0.4, -0.2) is 26.8 Å². The minimum absolute atomic E-state index is 0.352. The van der Waals surface area contributed by atoms with Crippen LogP contribution in [0.2, 0.25) is 0 Å².